The third-order valence-corrected chi connectivity index (χ3v) is 1.91. The molecule has 5 heteroatoms. The van der Waals surface area contributed by atoms with Crippen molar-refractivity contribution in [1.29, 1.82) is 0 Å². The van der Waals surface area contributed by atoms with E-state index in [0.717, 1.165) is 11.4 Å². The van der Waals surface area contributed by atoms with E-state index in [4.69, 9.17) is 0 Å². The summed E-state index contributed by atoms with van der Waals surface area (Å²) in [5.74, 6) is 0.598. The molecule has 0 amide bonds. The van der Waals surface area contributed by atoms with Crippen molar-refractivity contribution in [2.45, 2.75) is 13.3 Å². The van der Waals surface area contributed by atoms with Gasteiger partial charge in [0.15, 0.2) is 0 Å². The predicted octanol–water partition coefficient (Wildman–Crippen LogP) is 0.459. The van der Waals surface area contributed by atoms with E-state index in [-0.39, 0.29) is 5.56 Å². The highest BCUT2D eigenvalue weighted by molar-refractivity contribution is 5.07. The third kappa shape index (κ3) is 2.46. The number of aromatic amines is 1. The van der Waals surface area contributed by atoms with Crippen LogP contribution in [0.1, 0.15) is 17.2 Å². The van der Waals surface area contributed by atoms with Crippen LogP contribution < -0.4 is 5.56 Å². The van der Waals surface area contributed by atoms with E-state index >= 15 is 0 Å². The van der Waals surface area contributed by atoms with E-state index in [1.165, 1.54) is 12.3 Å². The Hall–Kier alpha value is -2.04. The van der Waals surface area contributed by atoms with Gasteiger partial charge in [-0.3, -0.25) is 14.8 Å². The van der Waals surface area contributed by atoms with E-state index in [0.29, 0.717) is 12.2 Å². The number of hydrogen-bond donors (Lipinski definition) is 1. The smallest absolute Gasteiger partial charge is 0.250 e. The van der Waals surface area contributed by atoms with Gasteiger partial charge in [0, 0.05) is 31.1 Å². The summed E-state index contributed by atoms with van der Waals surface area (Å²) < 4.78 is 0. The minimum absolute atomic E-state index is 0.153. The number of aryl methyl sites for hydroxylation is 1. The van der Waals surface area contributed by atoms with Crippen LogP contribution in [0, 0.1) is 6.92 Å². The Morgan fingerprint density at radius 1 is 1.27 bits per heavy atom. The van der Waals surface area contributed by atoms with Gasteiger partial charge in [-0.05, 0) is 6.92 Å². The summed E-state index contributed by atoms with van der Waals surface area (Å²) in [6.45, 7) is 1.87. The largest absolute Gasteiger partial charge is 0.310 e. The van der Waals surface area contributed by atoms with Crippen molar-refractivity contribution in [3.63, 3.8) is 0 Å². The van der Waals surface area contributed by atoms with Crippen molar-refractivity contribution >= 4 is 0 Å². The van der Waals surface area contributed by atoms with Crippen LogP contribution in [-0.2, 0) is 6.42 Å². The van der Waals surface area contributed by atoms with Gasteiger partial charge >= 0.3 is 0 Å². The molecule has 0 saturated carbocycles. The summed E-state index contributed by atoms with van der Waals surface area (Å²) in [5, 5.41) is 0. The van der Waals surface area contributed by atoms with Gasteiger partial charge in [-0.25, -0.2) is 4.98 Å². The van der Waals surface area contributed by atoms with Gasteiger partial charge in [-0.15, -0.1) is 0 Å². The van der Waals surface area contributed by atoms with Gasteiger partial charge in [0.2, 0.25) is 0 Å². The summed E-state index contributed by atoms with van der Waals surface area (Å²) in [5.41, 5.74) is 1.50. The first-order valence-electron chi connectivity index (χ1n) is 4.56. The second kappa shape index (κ2) is 4.00. The Morgan fingerprint density at radius 2 is 2.13 bits per heavy atom. The second-order valence-corrected chi connectivity index (χ2v) is 3.21. The highest BCUT2D eigenvalue weighted by atomic mass is 16.1. The fourth-order valence-corrected chi connectivity index (χ4v) is 1.18. The first kappa shape index (κ1) is 9.51. The number of nitrogens with zero attached hydrogens (tertiary/aromatic N) is 3. The fraction of sp³-hybridized carbons (Fsp3) is 0.200. The molecular formula is C10H10N4O. The standard InChI is InChI=1S/C10H10N4O/c1-7-5-13-8(6-12-7)4-9-11-3-2-10(15)14-9/h2-3,5-6H,4H2,1H3,(H,11,14,15). The van der Waals surface area contributed by atoms with Crippen molar-refractivity contribution in [2.75, 3.05) is 0 Å². The molecule has 2 rings (SSSR count). The zero-order valence-corrected chi connectivity index (χ0v) is 8.27. The minimum Gasteiger partial charge on any atom is -0.310 e. The lowest BCUT2D eigenvalue weighted by molar-refractivity contribution is 0.901. The van der Waals surface area contributed by atoms with Crippen molar-refractivity contribution in [2.24, 2.45) is 0 Å². The second-order valence-electron chi connectivity index (χ2n) is 3.21. The highest BCUT2D eigenvalue weighted by Crippen LogP contribution is 1.99. The molecule has 0 radical (unpaired) electrons. The first-order valence-corrected chi connectivity index (χ1v) is 4.56. The molecule has 2 aromatic heterocycles. The summed E-state index contributed by atoms with van der Waals surface area (Å²) in [4.78, 5) is 26.0. The van der Waals surface area contributed by atoms with Crippen LogP contribution >= 0.6 is 0 Å². The molecule has 2 aromatic rings. The Labute approximate surface area is 86.3 Å². The molecule has 1 N–H and O–H groups in total. The topological polar surface area (TPSA) is 71.5 Å². The molecule has 5 nitrogen and oxygen atoms in total. The van der Waals surface area contributed by atoms with Crippen molar-refractivity contribution < 1.29 is 0 Å². The molecule has 0 unspecified atom stereocenters. The van der Waals surface area contributed by atoms with Gasteiger partial charge in [-0.1, -0.05) is 0 Å². The van der Waals surface area contributed by atoms with Crippen LogP contribution in [0.15, 0.2) is 29.5 Å². The molecule has 0 aliphatic rings. The summed E-state index contributed by atoms with van der Waals surface area (Å²) >= 11 is 0. The molecule has 0 atom stereocenters. The Kier molecular flexibility index (Phi) is 2.53. The highest BCUT2D eigenvalue weighted by Gasteiger charge is 1.99. The number of rotatable bonds is 2. The van der Waals surface area contributed by atoms with Crippen LogP contribution in [0.4, 0.5) is 0 Å². The zero-order chi connectivity index (χ0) is 10.7. The molecule has 0 bridgehead atoms. The summed E-state index contributed by atoms with van der Waals surface area (Å²) in [6, 6.07) is 1.38. The molecular weight excluding hydrogens is 192 g/mol. The molecule has 0 aromatic carbocycles. The monoisotopic (exact) mass is 202 g/mol. The maximum atomic E-state index is 11.0. The Bertz CT molecular complexity index is 503. The first-order chi connectivity index (χ1) is 7.24. The molecule has 0 aliphatic carbocycles. The minimum atomic E-state index is -0.153. The van der Waals surface area contributed by atoms with Gasteiger partial charge in [0.1, 0.15) is 5.82 Å². The number of nitrogens with one attached hydrogen (secondary N) is 1. The van der Waals surface area contributed by atoms with E-state index in [9.17, 15) is 4.79 Å². The predicted molar refractivity (Wildman–Crippen MR) is 54.4 cm³/mol. The normalized spacial score (nSPS) is 10.2. The van der Waals surface area contributed by atoms with Crippen LogP contribution in [-0.4, -0.2) is 19.9 Å². The van der Waals surface area contributed by atoms with E-state index in [1.54, 1.807) is 12.4 Å². The number of aromatic nitrogens is 4. The lowest BCUT2D eigenvalue weighted by Crippen LogP contribution is -2.09. The van der Waals surface area contributed by atoms with Crippen LogP contribution in [0.2, 0.25) is 0 Å². The number of hydrogen-bond acceptors (Lipinski definition) is 4. The maximum absolute atomic E-state index is 11.0. The molecule has 15 heavy (non-hydrogen) atoms. The molecule has 76 valence electrons. The van der Waals surface area contributed by atoms with Crippen molar-refractivity contribution in [3.05, 3.63) is 52.2 Å². The van der Waals surface area contributed by atoms with E-state index in [1.807, 2.05) is 6.92 Å². The van der Waals surface area contributed by atoms with E-state index in [2.05, 4.69) is 19.9 Å². The average molecular weight is 202 g/mol. The van der Waals surface area contributed by atoms with Gasteiger partial charge in [0.25, 0.3) is 5.56 Å². The molecule has 0 spiro atoms. The van der Waals surface area contributed by atoms with Crippen molar-refractivity contribution in [3.8, 4) is 0 Å². The van der Waals surface area contributed by atoms with Gasteiger partial charge in [0.05, 0.1) is 11.4 Å². The summed E-state index contributed by atoms with van der Waals surface area (Å²) in [6.07, 6.45) is 5.35. The molecule has 0 fully saturated rings. The van der Waals surface area contributed by atoms with Gasteiger partial charge < -0.3 is 4.98 Å². The van der Waals surface area contributed by atoms with Gasteiger partial charge in [-0.2, -0.15) is 0 Å². The lowest BCUT2D eigenvalue weighted by atomic mass is 10.3. The molecule has 0 aliphatic heterocycles. The van der Waals surface area contributed by atoms with Crippen LogP contribution in [0.25, 0.3) is 0 Å². The SMILES string of the molecule is Cc1cnc(Cc2nccc(=O)[nH]2)cn1. The average Bonchev–Trinajstić information content (AvgIpc) is 2.22. The maximum Gasteiger partial charge on any atom is 0.250 e. The van der Waals surface area contributed by atoms with Crippen LogP contribution in [0.5, 0.6) is 0 Å². The number of H-pyrrole nitrogens is 1. The quantitative estimate of drug-likeness (QED) is 0.767. The zero-order valence-electron chi connectivity index (χ0n) is 8.27. The summed E-state index contributed by atoms with van der Waals surface area (Å²) in [7, 11) is 0. The Balaban J connectivity index is 2.22. The fourth-order valence-electron chi connectivity index (χ4n) is 1.18. The van der Waals surface area contributed by atoms with E-state index < -0.39 is 0 Å². The van der Waals surface area contributed by atoms with Crippen molar-refractivity contribution in [1.82, 2.24) is 19.9 Å². The lowest BCUT2D eigenvalue weighted by Gasteiger charge is -1.99. The van der Waals surface area contributed by atoms with Crippen LogP contribution in [0.3, 0.4) is 0 Å². The Morgan fingerprint density at radius 3 is 2.80 bits per heavy atom. The molecule has 2 heterocycles. The third-order valence-electron chi connectivity index (χ3n) is 1.91. The molecule has 0 saturated heterocycles.